The van der Waals surface area contributed by atoms with Gasteiger partial charge in [-0.15, -0.1) is 0 Å². The van der Waals surface area contributed by atoms with Crippen LogP contribution in [0, 0.1) is 10.7 Å². The van der Waals surface area contributed by atoms with Crippen molar-refractivity contribution in [1.82, 2.24) is 0 Å². The van der Waals surface area contributed by atoms with Crippen molar-refractivity contribution >= 4 is 11.8 Å². The molecule has 0 saturated carbocycles. The first-order valence-corrected chi connectivity index (χ1v) is 8.87. The number of thioether (sulfide) groups is 1. The highest BCUT2D eigenvalue weighted by Gasteiger charge is 2.15. The second-order valence-electron chi connectivity index (χ2n) is 5.53. The number of aromatic hydroxyl groups is 1. The summed E-state index contributed by atoms with van der Waals surface area (Å²) >= 11 is 1.23. The smallest absolute Gasteiger partial charge is 0.133 e. The van der Waals surface area contributed by atoms with Crippen molar-refractivity contribution in [2.45, 2.75) is 5.92 Å². The number of rotatable bonds is 6. The fourth-order valence-corrected chi connectivity index (χ4v) is 3.23. The Hall–Kier alpha value is -2.90. The van der Waals surface area contributed by atoms with Gasteiger partial charge < -0.3 is 9.84 Å². The third kappa shape index (κ3) is 4.56. The summed E-state index contributed by atoms with van der Waals surface area (Å²) < 4.78 is 5.83. The molecule has 3 aromatic carbocycles. The van der Waals surface area contributed by atoms with E-state index in [2.05, 4.69) is 5.40 Å². The van der Waals surface area contributed by atoms with Crippen LogP contribution in [-0.4, -0.2) is 10.9 Å². The van der Waals surface area contributed by atoms with Crippen LogP contribution in [0.3, 0.4) is 0 Å². The highest BCUT2D eigenvalue weighted by molar-refractivity contribution is 8.03. The summed E-state index contributed by atoms with van der Waals surface area (Å²) in [6.45, 7) is 0. The van der Waals surface area contributed by atoms with E-state index in [0.717, 1.165) is 22.6 Å². The molecule has 1 unspecified atom stereocenters. The Kier molecular flexibility index (Phi) is 5.61. The average molecular weight is 347 g/mol. The van der Waals surface area contributed by atoms with Gasteiger partial charge in [0.1, 0.15) is 22.6 Å². The second-order valence-corrected chi connectivity index (χ2v) is 6.34. The van der Waals surface area contributed by atoms with Crippen LogP contribution in [0.5, 0.6) is 17.2 Å². The number of benzene rings is 3. The molecule has 0 heterocycles. The molecule has 4 heteroatoms. The van der Waals surface area contributed by atoms with Crippen LogP contribution in [0.15, 0.2) is 78.9 Å². The lowest BCUT2D eigenvalue weighted by atomic mass is 9.93. The molecule has 0 fully saturated rings. The lowest BCUT2D eigenvalue weighted by molar-refractivity contribution is 0.475. The molecule has 1 N–H and O–H groups in total. The highest BCUT2D eigenvalue weighted by atomic mass is 32.2. The standard InChI is InChI=1S/C21H17NO2S/c22-15-25-14-21(16-6-10-18(23)11-7-16)17-8-12-20(13-9-17)24-19-4-2-1-3-5-19/h1-13,21,23H,14H2. The molecular formula is C21H17NO2S. The van der Waals surface area contributed by atoms with E-state index in [0.29, 0.717) is 5.75 Å². The molecule has 1 atom stereocenters. The first-order chi connectivity index (χ1) is 12.3. The molecule has 0 radical (unpaired) electrons. The largest absolute Gasteiger partial charge is 0.508 e. The van der Waals surface area contributed by atoms with E-state index in [1.807, 2.05) is 66.7 Å². The molecule has 0 aliphatic carbocycles. The van der Waals surface area contributed by atoms with Gasteiger partial charge in [-0.1, -0.05) is 42.5 Å². The number of nitrogens with zero attached hydrogens (tertiary/aromatic N) is 1. The van der Waals surface area contributed by atoms with Gasteiger partial charge in [0.25, 0.3) is 0 Å². The highest BCUT2D eigenvalue weighted by Crippen LogP contribution is 2.31. The number of para-hydroxylation sites is 1. The van der Waals surface area contributed by atoms with Crippen LogP contribution >= 0.6 is 11.8 Å². The van der Waals surface area contributed by atoms with E-state index in [1.54, 1.807) is 12.1 Å². The maximum absolute atomic E-state index is 9.49. The van der Waals surface area contributed by atoms with Crippen molar-refractivity contribution in [2.75, 3.05) is 5.75 Å². The first-order valence-electron chi connectivity index (χ1n) is 7.89. The summed E-state index contributed by atoms with van der Waals surface area (Å²) in [5.74, 6) is 2.54. The Bertz CT molecular complexity index is 840. The van der Waals surface area contributed by atoms with Gasteiger partial charge in [-0.2, -0.15) is 5.26 Å². The van der Waals surface area contributed by atoms with E-state index in [-0.39, 0.29) is 11.7 Å². The Balaban J connectivity index is 1.81. The van der Waals surface area contributed by atoms with E-state index in [9.17, 15) is 5.11 Å². The molecule has 0 aliphatic rings. The van der Waals surface area contributed by atoms with Gasteiger partial charge in [0.15, 0.2) is 0 Å². The van der Waals surface area contributed by atoms with Gasteiger partial charge in [0.05, 0.1) is 0 Å². The summed E-state index contributed by atoms with van der Waals surface area (Å²) in [5.41, 5.74) is 2.17. The lowest BCUT2D eigenvalue weighted by Gasteiger charge is -2.17. The van der Waals surface area contributed by atoms with Crippen molar-refractivity contribution in [2.24, 2.45) is 0 Å². The summed E-state index contributed by atoms with van der Waals surface area (Å²) in [5, 5.41) is 20.5. The molecule has 3 nitrogen and oxygen atoms in total. The Morgan fingerprint density at radius 1 is 0.840 bits per heavy atom. The van der Waals surface area contributed by atoms with Crippen LogP contribution in [0.25, 0.3) is 0 Å². The van der Waals surface area contributed by atoms with Gasteiger partial charge in [-0.3, -0.25) is 0 Å². The number of hydrogen-bond donors (Lipinski definition) is 1. The molecule has 0 aromatic heterocycles. The molecular weight excluding hydrogens is 330 g/mol. The lowest BCUT2D eigenvalue weighted by Crippen LogP contribution is -2.03. The Morgan fingerprint density at radius 2 is 1.40 bits per heavy atom. The maximum Gasteiger partial charge on any atom is 0.133 e. The van der Waals surface area contributed by atoms with Crippen molar-refractivity contribution < 1.29 is 9.84 Å². The van der Waals surface area contributed by atoms with Gasteiger partial charge in [0, 0.05) is 11.7 Å². The van der Waals surface area contributed by atoms with Crippen LogP contribution in [0.1, 0.15) is 17.0 Å². The third-order valence-corrected chi connectivity index (χ3v) is 4.50. The predicted octanol–water partition coefficient (Wildman–Crippen LogP) is 5.53. The number of thiocyanates is 1. The SMILES string of the molecule is N#CSCC(c1ccc(O)cc1)c1ccc(Oc2ccccc2)cc1. The number of nitriles is 1. The van der Waals surface area contributed by atoms with Crippen LogP contribution in [0.2, 0.25) is 0 Å². The molecule has 3 rings (SSSR count). The zero-order valence-electron chi connectivity index (χ0n) is 13.5. The maximum atomic E-state index is 9.49. The van der Waals surface area contributed by atoms with E-state index in [4.69, 9.17) is 10.00 Å². The number of hydrogen-bond acceptors (Lipinski definition) is 4. The van der Waals surface area contributed by atoms with Gasteiger partial charge >= 0.3 is 0 Å². The molecule has 0 bridgehead atoms. The number of ether oxygens (including phenoxy) is 1. The van der Waals surface area contributed by atoms with E-state index < -0.39 is 0 Å². The fraction of sp³-hybridized carbons (Fsp3) is 0.0952. The minimum absolute atomic E-state index is 0.0797. The minimum atomic E-state index is 0.0797. The minimum Gasteiger partial charge on any atom is -0.508 e. The normalized spacial score (nSPS) is 11.5. The molecule has 0 spiro atoms. The zero-order valence-corrected chi connectivity index (χ0v) is 14.3. The molecule has 0 aliphatic heterocycles. The summed E-state index contributed by atoms with van der Waals surface area (Å²) in [7, 11) is 0. The van der Waals surface area contributed by atoms with E-state index >= 15 is 0 Å². The van der Waals surface area contributed by atoms with E-state index in [1.165, 1.54) is 11.8 Å². The van der Waals surface area contributed by atoms with Crippen molar-refractivity contribution in [1.29, 1.82) is 5.26 Å². The van der Waals surface area contributed by atoms with Crippen molar-refractivity contribution in [3.05, 3.63) is 90.0 Å². The van der Waals surface area contributed by atoms with Crippen LogP contribution in [0.4, 0.5) is 0 Å². The summed E-state index contributed by atoms with van der Waals surface area (Å²) in [6.07, 6.45) is 0. The molecule has 0 amide bonds. The number of phenolic OH excluding ortho intramolecular Hbond substituents is 1. The topological polar surface area (TPSA) is 53.2 Å². The summed E-state index contributed by atoms with van der Waals surface area (Å²) in [4.78, 5) is 0. The summed E-state index contributed by atoms with van der Waals surface area (Å²) in [6, 6.07) is 24.7. The third-order valence-electron chi connectivity index (χ3n) is 3.87. The van der Waals surface area contributed by atoms with Crippen LogP contribution in [-0.2, 0) is 0 Å². The number of phenols is 1. The zero-order chi connectivity index (χ0) is 17.5. The first kappa shape index (κ1) is 16.9. The average Bonchev–Trinajstić information content (AvgIpc) is 2.65. The fourth-order valence-electron chi connectivity index (χ4n) is 2.60. The predicted molar refractivity (Wildman–Crippen MR) is 101 cm³/mol. The quantitative estimate of drug-likeness (QED) is 0.596. The second kappa shape index (κ2) is 8.27. The Labute approximate surface area is 151 Å². The van der Waals surface area contributed by atoms with Gasteiger partial charge in [0.2, 0.25) is 0 Å². The van der Waals surface area contributed by atoms with Crippen molar-refractivity contribution in [3.63, 3.8) is 0 Å². The van der Waals surface area contributed by atoms with Crippen LogP contribution < -0.4 is 4.74 Å². The molecule has 3 aromatic rings. The van der Waals surface area contributed by atoms with Crippen molar-refractivity contribution in [3.8, 4) is 22.6 Å². The van der Waals surface area contributed by atoms with Gasteiger partial charge in [-0.05, 0) is 59.3 Å². The molecule has 124 valence electrons. The Morgan fingerprint density at radius 3 is 2.00 bits per heavy atom. The molecule has 0 saturated heterocycles. The van der Waals surface area contributed by atoms with Gasteiger partial charge in [-0.25, -0.2) is 0 Å². The monoisotopic (exact) mass is 347 g/mol. The molecule has 25 heavy (non-hydrogen) atoms.